The molecule has 1 aromatic rings. The van der Waals surface area contributed by atoms with Crippen LogP contribution in [0, 0.1) is 6.92 Å². The van der Waals surface area contributed by atoms with Crippen molar-refractivity contribution in [3.63, 3.8) is 0 Å². The molecule has 0 bridgehead atoms. The minimum absolute atomic E-state index is 0.201. The van der Waals surface area contributed by atoms with Crippen LogP contribution in [0.2, 0.25) is 0 Å². The summed E-state index contributed by atoms with van der Waals surface area (Å²) in [5.41, 5.74) is 8.92. The van der Waals surface area contributed by atoms with Crippen molar-refractivity contribution in [2.24, 2.45) is 0 Å². The zero-order chi connectivity index (χ0) is 12.7. The lowest BCUT2D eigenvalue weighted by molar-refractivity contribution is -0.00160. The maximum absolute atomic E-state index is 8.52. The van der Waals surface area contributed by atoms with Crippen LogP contribution in [0.5, 0.6) is 0 Å². The third-order valence-electron chi connectivity index (χ3n) is 2.81. The Bertz CT molecular complexity index is 342. The van der Waals surface area contributed by atoms with E-state index < -0.39 is 0 Å². The predicted octanol–water partition coefficient (Wildman–Crippen LogP) is 1.76. The summed E-state index contributed by atoms with van der Waals surface area (Å²) >= 11 is 0. The molecule has 96 valence electrons. The molecule has 0 fully saturated rings. The molecule has 0 aromatic heterocycles. The van der Waals surface area contributed by atoms with E-state index in [-0.39, 0.29) is 6.79 Å². The van der Waals surface area contributed by atoms with Crippen LogP contribution in [-0.2, 0) is 4.74 Å². The van der Waals surface area contributed by atoms with Crippen molar-refractivity contribution >= 4 is 11.4 Å². The molecule has 0 aliphatic rings. The first-order valence-corrected chi connectivity index (χ1v) is 5.98. The standard InChI is InChI=1S/C13H22N2O2/c1-3-15(7-4-8-17-10-16)12-5-6-13(14)11(2)9-12/h5-6,9,16H,3-4,7-8,10,14H2,1-2H3. The first-order valence-electron chi connectivity index (χ1n) is 5.98. The zero-order valence-electron chi connectivity index (χ0n) is 10.6. The van der Waals surface area contributed by atoms with Gasteiger partial charge in [-0.3, -0.25) is 0 Å². The number of benzene rings is 1. The number of anilines is 2. The number of hydrogen-bond donors (Lipinski definition) is 2. The van der Waals surface area contributed by atoms with E-state index in [1.807, 2.05) is 19.1 Å². The summed E-state index contributed by atoms with van der Waals surface area (Å²) in [6.45, 7) is 6.39. The van der Waals surface area contributed by atoms with Gasteiger partial charge in [-0.15, -0.1) is 0 Å². The lowest BCUT2D eigenvalue weighted by Crippen LogP contribution is -2.25. The quantitative estimate of drug-likeness (QED) is 0.432. The number of hydrogen-bond acceptors (Lipinski definition) is 4. The van der Waals surface area contributed by atoms with E-state index in [0.717, 1.165) is 30.8 Å². The van der Waals surface area contributed by atoms with E-state index in [9.17, 15) is 0 Å². The molecule has 0 aliphatic heterocycles. The molecule has 4 heteroatoms. The minimum Gasteiger partial charge on any atom is -0.399 e. The Kier molecular flexibility index (Phi) is 5.80. The van der Waals surface area contributed by atoms with Gasteiger partial charge in [-0.25, -0.2) is 0 Å². The monoisotopic (exact) mass is 238 g/mol. The highest BCUT2D eigenvalue weighted by molar-refractivity contribution is 5.57. The van der Waals surface area contributed by atoms with E-state index in [2.05, 4.69) is 17.9 Å². The number of aryl methyl sites for hydroxylation is 1. The van der Waals surface area contributed by atoms with E-state index in [0.29, 0.717) is 6.61 Å². The topological polar surface area (TPSA) is 58.7 Å². The van der Waals surface area contributed by atoms with Crippen molar-refractivity contribution in [3.05, 3.63) is 23.8 Å². The van der Waals surface area contributed by atoms with Crippen molar-refractivity contribution in [1.29, 1.82) is 0 Å². The zero-order valence-corrected chi connectivity index (χ0v) is 10.6. The van der Waals surface area contributed by atoms with Gasteiger partial charge in [0.2, 0.25) is 0 Å². The Morgan fingerprint density at radius 2 is 2.18 bits per heavy atom. The summed E-state index contributed by atoms with van der Waals surface area (Å²) in [6, 6.07) is 6.09. The SMILES string of the molecule is CCN(CCCOCO)c1ccc(N)c(C)c1. The lowest BCUT2D eigenvalue weighted by Gasteiger charge is -2.23. The maximum atomic E-state index is 8.52. The Hall–Kier alpha value is -1.26. The van der Waals surface area contributed by atoms with Gasteiger partial charge in [-0.1, -0.05) is 0 Å². The summed E-state index contributed by atoms with van der Waals surface area (Å²) in [6.07, 6.45) is 0.901. The molecule has 0 saturated carbocycles. The second kappa shape index (κ2) is 7.14. The Morgan fingerprint density at radius 1 is 1.41 bits per heavy atom. The van der Waals surface area contributed by atoms with Gasteiger partial charge in [0.05, 0.1) is 6.61 Å². The molecule has 3 N–H and O–H groups in total. The molecule has 0 unspecified atom stereocenters. The van der Waals surface area contributed by atoms with Gasteiger partial charge in [-0.05, 0) is 44.0 Å². The van der Waals surface area contributed by atoms with Crippen LogP contribution in [0.1, 0.15) is 18.9 Å². The van der Waals surface area contributed by atoms with Crippen LogP contribution >= 0.6 is 0 Å². The van der Waals surface area contributed by atoms with Gasteiger partial charge in [0.1, 0.15) is 6.79 Å². The second-order valence-corrected chi connectivity index (χ2v) is 4.01. The summed E-state index contributed by atoms with van der Waals surface area (Å²) in [5.74, 6) is 0. The number of aliphatic hydroxyl groups excluding tert-OH is 1. The minimum atomic E-state index is -0.201. The van der Waals surface area contributed by atoms with E-state index >= 15 is 0 Å². The number of ether oxygens (including phenoxy) is 1. The third-order valence-corrected chi connectivity index (χ3v) is 2.81. The average molecular weight is 238 g/mol. The van der Waals surface area contributed by atoms with Crippen molar-refractivity contribution in [2.45, 2.75) is 20.3 Å². The summed E-state index contributed by atoms with van der Waals surface area (Å²) < 4.78 is 4.92. The molecular formula is C13H22N2O2. The smallest absolute Gasteiger partial charge is 0.143 e. The maximum Gasteiger partial charge on any atom is 0.143 e. The average Bonchev–Trinajstić information content (AvgIpc) is 2.33. The predicted molar refractivity (Wildman–Crippen MR) is 71.1 cm³/mol. The van der Waals surface area contributed by atoms with Gasteiger partial charge >= 0.3 is 0 Å². The molecule has 0 atom stereocenters. The molecule has 4 nitrogen and oxygen atoms in total. The second-order valence-electron chi connectivity index (χ2n) is 4.01. The Labute approximate surface area is 103 Å². The number of rotatable bonds is 7. The lowest BCUT2D eigenvalue weighted by atomic mass is 10.1. The van der Waals surface area contributed by atoms with Crippen molar-refractivity contribution in [2.75, 3.05) is 37.1 Å². The molecule has 0 radical (unpaired) electrons. The van der Waals surface area contributed by atoms with E-state index in [1.165, 1.54) is 5.69 Å². The Morgan fingerprint density at radius 3 is 2.76 bits per heavy atom. The van der Waals surface area contributed by atoms with Crippen LogP contribution in [-0.4, -0.2) is 31.6 Å². The number of nitrogens with zero attached hydrogens (tertiary/aromatic N) is 1. The first-order chi connectivity index (χ1) is 8.19. The molecule has 0 spiro atoms. The Balaban J connectivity index is 2.56. The fourth-order valence-electron chi connectivity index (χ4n) is 1.75. The van der Waals surface area contributed by atoms with E-state index in [4.69, 9.17) is 15.6 Å². The molecule has 1 aromatic carbocycles. The van der Waals surface area contributed by atoms with Crippen LogP contribution < -0.4 is 10.6 Å². The number of nitrogen functional groups attached to an aromatic ring is 1. The highest BCUT2D eigenvalue weighted by Gasteiger charge is 2.05. The van der Waals surface area contributed by atoms with Crippen LogP contribution in [0.4, 0.5) is 11.4 Å². The fraction of sp³-hybridized carbons (Fsp3) is 0.538. The van der Waals surface area contributed by atoms with Gasteiger partial charge in [0.15, 0.2) is 0 Å². The van der Waals surface area contributed by atoms with Crippen molar-refractivity contribution < 1.29 is 9.84 Å². The largest absolute Gasteiger partial charge is 0.399 e. The summed E-state index contributed by atoms with van der Waals surface area (Å²) in [7, 11) is 0. The first kappa shape index (κ1) is 13.8. The molecule has 17 heavy (non-hydrogen) atoms. The van der Waals surface area contributed by atoms with Gasteiger partial charge in [-0.2, -0.15) is 0 Å². The normalized spacial score (nSPS) is 10.5. The number of nitrogens with two attached hydrogens (primary N) is 1. The van der Waals surface area contributed by atoms with Crippen molar-refractivity contribution in [1.82, 2.24) is 0 Å². The van der Waals surface area contributed by atoms with E-state index in [1.54, 1.807) is 0 Å². The fourth-order valence-corrected chi connectivity index (χ4v) is 1.75. The molecular weight excluding hydrogens is 216 g/mol. The van der Waals surface area contributed by atoms with Crippen LogP contribution in [0.3, 0.4) is 0 Å². The highest BCUT2D eigenvalue weighted by atomic mass is 16.6. The van der Waals surface area contributed by atoms with Crippen LogP contribution in [0.15, 0.2) is 18.2 Å². The number of aliphatic hydroxyl groups is 1. The molecule has 0 heterocycles. The molecule has 0 aliphatic carbocycles. The summed E-state index contributed by atoms with van der Waals surface area (Å²) in [5, 5.41) is 8.52. The molecule has 0 saturated heterocycles. The molecule has 0 amide bonds. The van der Waals surface area contributed by atoms with Crippen LogP contribution in [0.25, 0.3) is 0 Å². The van der Waals surface area contributed by atoms with Crippen molar-refractivity contribution in [3.8, 4) is 0 Å². The highest BCUT2D eigenvalue weighted by Crippen LogP contribution is 2.20. The van der Waals surface area contributed by atoms with Gasteiger partial charge in [0.25, 0.3) is 0 Å². The summed E-state index contributed by atoms with van der Waals surface area (Å²) in [4.78, 5) is 2.27. The third kappa shape index (κ3) is 4.24. The molecule has 1 rings (SSSR count). The van der Waals surface area contributed by atoms with Gasteiger partial charge in [0, 0.05) is 24.5 Å². The van der Waals surface area contributed by atoms with Gasteiger partial charge < -0.3 is 20.5 Å².